The van der Waals surface area contributed by atoms with Crippen LogP contribution in [0, 0.1) is 5.82 Å². The molecule has 1 fully saturated rings. The highest BCUT2D eigenvalue weighted by molar-refractivity contribution is 7.92. The van der Waals surface area contributed by atoms with Gasteiger partial charge in [-0.05, 0) is 49.9 Å². The molecule has 1 saturated heterocycles. The van der Waals surface area contributed by atoms with Crippen LogP contribution in [0.1, 0.15) is 26.3 Å². The van der Waals surface area contributed by atoms with Gasteiger partial charge in [0.1, 0.15) is 42.5 Å². The summed E-state index contributed by atoms with van der Waals surface area (Å²) in [6.45, 7) is 5.10. The molecule has 1 aliphatic heterocycles. The minimum absolute atomic E-state index is 0.0309. The molecule has 0 atom stereocenters. The standard InChI is InChI=1S/C27H30FN3O7S/c1-27(2,3)38-26(33)30(4)12-13-36-20-11-10-19-14-22(37-17-18-8-6-5-7-9-18)25(24(28)21(19)15-20)31-16-23(32)29-39(31,34)35/h5-11,14-15H,12-13,16-17H2,1-4H3,(H,29,32). The van der Waals surface area contributed by atoms with E-state index in [0.717, 1.165) is 5.56 Å². The quantitative estimate of drug-likeness (QED) is 0.444. The van der Waals surface area contributed by atoms with E-state index in [9.17, 15) is 18.0 Å². The van der Waals surface area contributed by atoms with Gasteiger partial charge in [0.15, 0.2) is 5.82 Å². The zero-order valence-corrected chi connectivity index (χ0v) is 22.9. The van der Waals surface area contributed by atoms with E-state index < -0.39 is 40.2 Å². The summed E-state index contributed by atoms with van der Waals surface area (Å²) in [6, 6.07) is 15.3. The zero-order chi connectivity index (χ0) is 28.4. The van der Waals surface area contributed by atoms with Crippen molar-refractivity contribution in [3.63, 3.8) is 0 Å². The fourth-order valence-electron chi connectivity index (χ4n) is 3.84. The number of benzene rings is 3. The van der Waals surface area contributed by atoms with E-state index in [1.807, 2.05) is 35.1 Å². The van der Waals surface area contributed by atoms with Crippen LogP contribution in [0.25, 0.3) is 10.8 Å². The molecule has 0 spiro atoms. The number of ether oxygens (including phenoxy) is 3. The Labute approximate surface area is 226 Å². The summed E-state index contributed by atoms with van der Waals surface area (Å²) in [5.41, 5.74) is -0.215. The van der Waals surface area contributed by atoms with Gasteiger partial charge in [-0.3, -0.25) is 4.79 Å². The lowest BCUT2D eigenvalue weighted by molar-refractivity contribution is -0.117. The van der Waals surface area contributed by atoms with Gasteiger partial charge in [0, 0.05) is 12.4 Å². The maximum atomic E-state index is 16.0. The van der Waals surface area contributed by atoms with Gasteiger partial charge in [-0.15, -0.1) is 0 Å². The van der Waals surface area contributed by atoms with Crippen molar-refractivity contribution in [2.24, 2.45) is 0 Å². The van der Waals surface area contributed by atoms with Crippen LogP contribution < -0.4 is 18.5 Å². The monoisotopic (exact) mass is 559 g/mol. The number of amides is 2. The van der Waals surface area contributed by atoms with Gasteiger partial charge >= 0.3 is 16.3 Å². The SMILES string of the molecule is CN(CCOc1ccc2cc(OCc3ccccc3)c(N3CC(=O)NS3(=O)=O)c(F)c2c1)C(=O)OC(C)(C)C. The molecule has 3 aromatic carbocycles. The van der Waals surface area contributed by atoms with Crippen molar-refractivity contribution < 1.29 is 36.6 Å². The highest BCUT2D eigenvalue weighted by Crippen LogP contribution is 2.40. The van der Waals surface area contributed by atoms with Crippen molar-refractivity contribution in [2.45, 2.75) is 33.0 Å². The molecule has 1 N–H and O–H groups in total. The molecule has 1 heterocycles. The largest absolute Gasteiger partial charge is 0.492 e. The van der Waals surface area contributed by atoms with Crippen molar-refractivity contribution in [2.75, 3.05) is 31.0 Å². The number of anilines is 1. The molecule has 0 aliphatic carbocycles. The molecule has 0 radical (unpaired) electrons. The van der Waals surface area contributed by atoms with Crippen LogP contribution in [0.3, 0.4) is 0 Å². The molecular formula is C27H30FN3O7S. The summed E-state index contributed by atoms with van der Waals surface area (Å²) in [6.07, 6.45) is -0.502. The Morgan fingerprint density at radius 3 is 2.46 bits per heavy atom. The summed E-state index contributed by atoms with van der Waals surface area (Å²) >= 11 is 0. The number of hydrogen-bond acceptors (Lipinski definition) is 7. The van der Waals surface area contributed by atoms with E-state index in [1.54, 1.807) is 40.0 Å². The Hall–Kier alpha value is -4.06. The van der Waals surface area contributed by atoms with Crippen LogP contribution in [-0.4, -0.2) is 57.7 Å². The number of likely N-dealkylation sites (N-methyl/N-ethyl adjacent to an activating group) is 1. The fraction of sp³-hybridized carbons (Fsp3) is 0.333. The van der Waals surface area contributed by atoms with Crippen LogP contribution in [0.4, 0.5) is 14.9 Å². The maximum absolute atomic E-state index is 16.0. The molecule has 1 aliphatic rings. The third-order valence-electron chi connectivity index (χ3n) is 5.70. The highest BCUT2D eigenvalue weighted by Gasteiger charge is 2.38. The van der Waals surface area contributed by atoms with Crippen LogP contribution in [0.5, 0.6) is 11.5 Å². The predicted octanol–water partition coefficient (Wildman–Crippen LogP) is 3.98. The normalized spacial score (nSPS) is 14.7. The third kappa shape index (κ3) is 6.69. The van der Waals surface area contributed by atoms with Crippen LogP contribution >= 0.6 is 0 Å². The van der Waals surface area contributed by atoms with Gasteiger partial charge in [-0.1, -0.05) is 36.4 Å². The zero-order valence-electron chi connectivity index (χ0n) is 22.1. The molecular weight excluding hydrogens is 529 g/mol. The first kappa shape index (κ1) is 28.0. The first-order valence-electron chi connectivity index (χ1n) is 12.2. The van der Waals surface area contributed by atoms with Crippen LogP contribution in [0.15, 0.2) is 54.6 Å². The first-order valence-corrected chi connectivity index (χ1v) is 13.6. The maximum Gasteiger partial charge on any atom is 0.410 e. The van der Waals surface area contributed by atoms with Gasteiger partial charge in [-0.25, -0.2) is 18.2 Å². The lowest BCUT2D eigenvalue weighted by Gasteiger charge is -2.24. The summed E-state index contributed by atoms with van der Waals surface area (Å²) < 4.78 is 60.7. The minimum Gasteiger partial charge on any atom is -0.492 e. The topological polar surface area (TPSA) is 114 Å². The van der Waals surface area contributed by atoms with Crippen molar-refractivity contribution in [1.82, 2.24) is 9.62 Å². The lowest BCUT2D eigenvalue weighted by atomic mass is 10.1. The molecule has 208 valence electrons. The molecule has 0 saturated carbocycles. The number of nitrogens with one attached hydrogen (secondary N) is 1. The summed E-state index contributed by atoms with van der Waals surface area (Å²) in [5.74, 6) is -1.39. The highest BCUT2D eigenvalue weighted by atomic mass is 32.2. The average Bonchev–Trinajstić information content (AvgIpc) is 3.13. The van der Waals surface area contributed by atoms with Gasteiger partial charge in [0.2, 0.25) is 0 Å². The number of halogens is 1. The summed E-state index contributed by atoms with van der Waals surface area (Å²) in [7, 11) is -2.73. The minimum atomic E-state index is -4.31. The van der Waals surface area contributed by atoms with Gasteiger partial charge in [-0.2, -0.15) is 8.42 Å². The van der Waals surface area contributed by atoms with Crippen molar-refractivity contribution in [1.29, 1.82) is 0 Å². The van der Waals surface area contributed by atoms with Gasteiger partial charge in [0.25, 0.3) is 5.91 Å². The van der Waals surface area contributed by atoms with E-state index in [1.165, 1.54) is 17.0 Å². The Bertz CT molecular complexity index is 1490. The number of carbonyl (C=O) groups excluding carboxylic acids is 2. The third-order valence-corrected chi connectivity index (χ3v) is 7.07. The molecule has 10 nitrogen and oxygen atoms in total. The van der Waals surface area contributed by atoms with E-state index in [-0.39, 0.29) is 36.6 Å². The van der Waals surface area contributed by atoms with Crippen molar-refractivity contribution >= 4 is 38.7 Å². The van der Waals surface area contributed by atoms with Gasteiger partial charge in [0.05, 0.1) is 6.54 Å². The number of nitrogens with zero attached hydrogens (tertiary/aromatic N) is 2. The Balaban J connectivity index is 1.61. The Morgan fingerprint density at radius 2 is 1.82 bits per heavy atom. The average molecular weight is 560 g/mol. The molecule has 0 aromatic heterocycles. The number of carbonyl (C=O) groups is 2. The number of fused-ring (bicyclic) bond motifs is 1. The van der Waals surface area contributed by atoms with Crippen LogP contribution in [0.2, 0.25) is 0 Å². The Morgan fingerprint density at radius 1 is 1.10 bits per heavy atom. The molecule has 2 amide bonds. The second kappa shape index (κ2) is 11.0. The first-order chi connectivity index (χ1) is 18.3. The van der Waals surface area contributed by atoms with Crippen molar-refractivity contribution in [3.05, 3.63) is 66.0 Å². The second-order valence-electron chi connectivity index (χ2n) is 9.98. The summed E-state index contributed by atoms with van der Waals surface area (Å²) in [4.78, 5) is 25.4. The molecule has 0 unspecified atom stereocenters. The van der Waals surface area contributed by atoms with Crippen molar-refractivity contribution in [3.8, 4) is 11.5 Å². The number of hydrogen-bond donors (Lipinski definition) is 1. The fourth-order valence-corrected chi connectivity index (χ4v) is 5.00. The molecule has 0 bridgehead atoms. The van der Waals surface area contributed by atoms with E-state index in [0.29, 0.717) is 15.4 Å². The second-order valence-corrected chi connectivity index (χ2v) is 11.6. The van der Waals surface area contributed by atoms with E-state index in [4.69, 9.17) is 14.2 Å². The van der Waals surface area contributed by atoms with Crippen LogP contribution in [-0.2, 0) is 26.3 Å². The van der Waals surface area contributed by atoms with E-state index >= 15 is 4.39 Å². The van der Waals surface area contributed by atoms with E-state index in [2.05, 4.69) is 0 Å². The molecule has 39 heavy (non-hydrogen) atoms. The smallest absolute Gasteiger partial charge is 0.410 e. The summed E-state index contributed by atoms with van der Waals surface area (Å²) in [5, 5.41) is 0.512. The molecule has 3 aromatic rings. The number of rotatable bonds is 8. The van der Waals surface area contributed by atoms with Gasteiger partial charge < -0.3 is 19.1 Å². The molecule has 12 heteroatoms. The lowest BCUT2D eigenvalue weighted by Crippen LogP contribution is -2.36. The molecule has 4 rings (SSSR count). The Kier molecular flexibility index (Phi) is 7.86. The predicted molar refractivity (Wildman–Crippen MR) is 143 cm³/mol.